The first kappa shape index (κ1) is 11.8. The summed E-state index contributed by atoms with van der Waals surface area (Å²) in [6, 6.07) is 13.2. The number of aryl methyl sites for hydroxylation is 2. The highest BCUT2D eigenvalue weighted by molar-refractivity contribution is 5.84. The van der Waals surface area contributed by atoms with Crippen LogP contribution in [0.2, 0.25) is 0 Å². The van der Waals surface area contributed by atoms with Gasteiger partial charge in [0.05, 0.1) is 0 Å². The van der Waals surface area contributed by atoms with Crippen LogP contribution in [-0.4, -0.2) is 0 Å². The number of benzene rings is 2. The lowest BCUT2D eigenvalue weighted by Crippen LogP contribution is -1.90. The van der Waals surface area contributed by atoms with Gasteiger partial charge in [0.15, 0.2) is 0 Å². The zero-order valence-corrected chi connectivity index (χ0v) is 8.88. The second kappa shape index (κ2) is 4.97. The van der Waals surface area contributed by atoms with E-state index in [1.54, 1.807) is 0 Å². The Morgan fingerprint density at radius 1 is 0.800 bits per heavy atom. The minimum atomic E-state index is 0. The predicted octanol–water partition coefficient (Wildman–Crippen LogP) is 4.60. The van der Waals surface area contributed by atoms with Gasteiger partial charge in [0.1, 0.15) is 0 Å². The average Bonchev–Trinajstić information content (AvgIpc) is 2.27. The quantitative estimate of drug-likeness (QED) is 0.664. The summed E-state index contributed by atoms with van der Waals surface area (Å²) >= 11 is 0. The van der Waals surface area contributed by atoms with E-state index < -0.39 is 0 Å². The first-order chi connectivity index (χ1) is 6.85. The maximum atomic E-state index is 2.33. The van der Waals surface area contributed by atoms with Crippen molar-refractivity contribution in [3.05, 3.63) is 47.5 Å². The fourth-order valence-electron chi connectivity index (χ4n) is 1.99. The molecule has 80 valence electrons. The van der Waals surface area contributed by atoms with Crippen molar-refractivity contribution in [3.63, 3.8) is 0 Å². The van der Waals surface area contributed by atoms with Crippen molar-refractivity contribution < 1.29 is 0 Å². The summed E-state index contributed by atoms with van der Waals surface area (Å²) in [6.07, 6.45) is 2.27. The molecule has 0 amide bonds. The van der Waals surface area contributed by atoms with Crippen molar-refractivity contribution in [2.75, 3.05) is 0 Å². The Bertz CT molecular complexity index is 398. The molecule has 0 aliphatic carbocycles. The van der Waals surface area contributed by atoms with Gasteiger partial charge in [-0.1, -0.05) is 57.7 Å². The Labute approximate surface area is 92.9 Å². The van der Waals surface area contributed by atoms with Gasteiger partial charge in [0.25, 0.3) is 0 Å². The highest BCUT2D eigenvalue weighted by Crippen LogP contribution is 2.20. The van der Waals surface area contributed by atoms with Crippen LogP contribution in [-0.2, 0) is 12.8 Å². The molecule has 0 unspecified atom stereocenters. The lowest BCUT2D eigenvalue weighted by atomic mass is 9.98. The Balaban J connectivity index is 0.00000112. The molecule has 0 saturated carbocycles. The molecule has 0 N–H and O–H groups in total. The summed E-state index contributed by atoms with van der Waals surface area (Å²) in [4.78, 5) is 0. The molecule has 2 aromatic carbocycles. The molecular weight excluding hydrogens is 180 g/mol. The van der Waals surface area contributed by atoms with Crippen LogP contribution < -0.4 is 0 Å². The van der Waals surface area contributed by atoms with Gasteiger partial charge in [-0.25, -0.2) is 0 Å². The zero-order chi connectivity index (χ0) is 9.97. The Hall–Kier alpha value is -1.30. The normalized spacial score (nSPS) is 10.0. The standard InChI is InChI=1S/C14H16.CH4/c1-3-11-9-13-7-5-6-8-14(13)10-12(11)4-2;/h5-10H,3-4H2,1-2H3;1H4. The van der Waals surface area contributed by atoms with E-state index in [0.29, 0.717) is 0 Å². The van der Waals surface area contributed by atoms with Crippen LogP contribution in [0.1, 0.15) is 32.4 Å². The van der Waals surface area contributed by atoms with Crippen molar-refractivity contribution in [2.45, 2.75) is 34.1 Å². The van der Waals surface area contributed by atoms with Crippen molar-refractivity contribution >= 4 is 10.8 Å². The van der Waals surface area contributed by atoms with Gasteiger partial charge < -0.3 is 0 Å². The van der Waals surface area contributed by atoms with Gasteiger partial charge in [-0.15, -0.1) is 0 Å². The molecule has 0 aromatic heterocycles. The van der Waals surface area contributed by atoms with Crippen molar-refractivity contribution in [1.82, 2.24) is 0 Å². The molecular formula is C15H20. The van der Waals surface area contributed by atoms with Crippen molar-refractivity contribution in [2.24, 2.45) is 0 Å². The molecule has 0 fully saturated rings. The van der Waals surface area contributed by atoms with Crippen LogP contribution in [0.3, 0.4) is 0 Å². The Morgan fingerprint density at radius 3 is 1.53 bits per heavy atom. The van der Waals surface area contributed by atoms with Crippen LogP contribution in [0.25, 0.3) is 10.8 Å². The molecule has 15 heavy (non-hydrogen) atoms. The largest absolute Gasteiger partial charge is 0.0776 e. The van der Waals surface area contributed by atoms with E-state index in [0.717, 1.165) is 12.8 Å². The summed E-state index contributed by atoms with van der Waals surface area (Å²) in [5, 5.41) is 2.73. The predicted molar refractivity (Wildman–Crippen MR) is 69.4 cm³/mol. The first-order valence-electron chi connectivity index (χ1n) is 5.35. The van der Waals surface area contributed by atoms with E-state index in [-0.39, 0.29) is 7.43 Å². The first-order valence-corrected chi connectivity index (χ1v) is 5.35. The summed E-state index contributed by atoms with van der Waals surface area (Å²) < 4.78 is 0. The van der Waals surface area contributed by atoms with E-state index in [1.807, 2.05) is 0 Å². The molecule has 0 aliphatic heterocycles. The lowest BCUT2D eigenvalue weighted by Gasteiger charge is -2.07. The number of fused-ring (bicyclic) bond motifs is 1. The third-order valence-electron chi connectivity index (χ3n) is 2.83. The van der Waals surface area contributed by atoms with Gasteiger partial charge in [0, 0.05) is 0 Å². The topological polar surface area (TPSA) is 0 Å². The molecule has 0 radical (unpaired) electrons. The van der Waals surface area contributed by atoms with E-state index in [4.69, 9.17) is 0 Å². The number of hydrogen-bond donors (Lipinski definition) is 0. The molecule has 0 spiro atoms. The molecule has 2 aromatic rings. The van der Waals surface area contributed by atoms with Crippen LogP contribution >= 0.6 is 0 Å². The average molecular weight is 200 g/mol. The maximum absolute atomic E-state index is 2.33. The highest BCUT2D eigenvalue weighted by atomic mass is 14.1. The van der Waals surface area contributed by atoms with Crippen LogP contribution in [0.5, 0.6) is 0 Å². The van der Waals surface area contributed by atoms with Crippen molar-refractivity contribution in [3.8, 4) is 0 Å². The fourth-order valence-corrected chi connectivity index (χ4v) is 1.99. The number of rotatable bonds is 2. The minimum absolute atomic E-state index is 0. The van der Waals surface area contributed by atoms with Gasteiger partial charge >= 0.3 is 0 Å². The van der Waals surface area contributed by atoms with Gasteiger partial charge in [-0.3, -0.25) is 0 Å². The van der Waals surface area contributed by atoms with E-state index >= 15 is 0 Å². The molecule has 0 heterocycles. The second-order valence-corrected chi connectivity index (χ2v) is 3.68. The Morgan fingerprint density at radius 2 is 1.20 bits per heavy atom. The third kappa shape index (κ3) is 2.20. The monoisotopic (exact) mass is 200 g/mol. The summed E-state index contributed by atoms with van der Waals surface area (Å²) in [5.41, 5.74) is 2.98. The summed E-state index contributed by atoms with van der Waals surface area (Å²) in [7, 11) is 0. The summed E-state index contributed by atoms with van der Waals surface area (Å²) in [6.45, 7) is 4.45. The van der Waals surface area contributed by atoms with Gasteiger partial charge in [-0.2, -0.15) is 0 Å². The second-order valence-electron chi connectivity index (χ2n) is 3.68. The number of hydrogen-bond acceptors (Lipinski definition) is 0. The third-order valence-corrected chi connectivity index (χ3v) is 2.83. The Kier molecular flexibility index (Phi) is 3.90. The van der Waals surface area contributed by atoms with Crippen LogP contribution in [0.15, 0.2) is 36.4 Å². The van der Waals surface area contributed by atoms with Crippen LogP contribution in [0, 0.1) is 0 Å². The van der Waals surface area contributed by atoms with E-state index in [2.05, 4.69) is 50.2 Å². The minimum Gasteiger partial charge on any atom is -0.0776 e. The molecule has 2 rings (SSSR count). The van der Waals surface area contributed by atoms with Gasteiger partial charge in [0.2, 0.25) is 0 Å². The lowest BCUT2D eigenvalue weighted by molar-refractivity contribution is 1.04. The van der Waals surface area contributed by atoms with Crippen LogP contribution in [0.4, 0.5) is 0 Å². The zero-order valence-electron chi connectivity index (χ0n) is 8.88. The smallest absolute Gasteiger partial charge is 0.0181 e. The SMILES string of the molecule is C.CCc1cc2ccccc2cc1CC. The van der Waals surface area contributed by atoms with Gasteiger partial charge in [-0.05, 0) is 34.7 Å². The molecule has 0 heteroatoms. The summed E-state index contributed by atoms with van der Waals surface area (Å²) in [5.74, 6) is 0. The molecule has 0 atom stereocenters. The van der Waals surface area contributed by atoms with E-state index in [1.165, 1.54) is 21.9 Å². The molecule has 0 saturated heterocycles. The highest BCUT2D eigenvalue weighted by Gasteiger charge is 2.00. The van der Waals surface area contributed by atoms with Crippen molar-refractivity contribution in [1.29, 1.82) is 0 Å². The molecule has 0 bridgehead atoms. The molecule has 0 nitrogen and oxygen atoms in total. The molecule has 0 aliphatic rings. The van der Waals surface area contributed by atoms with E-state index in [9.17, 15) is 0 Å². The fraction of sp³-hybridized carbons (Fsp3) is 0.333. The maximum Gasteiger partial charge on any atom is -0.0181 e.